The number of carboxylic acid groups (broad SMARTS) is 1. The Morgan fingerprint density at radius 2 is 2.37 bits per heavy atom. The summed E-state index contributed by atoms with van der Waals surface area (Å²) in [6.07, 6.45) is 0.768. The summed E-state index contributed by atoms with van der Waals surface area (Å²) in [5.41, 5.74) is 0.0104. The van der Waals surface area contributed by atoms with Crippen molar-refractivity contribution in [1.82, 2.24) is 4.31 Å². The summed E-state index contributed by atoms with van der Waals surface area (Å²) in [7, 11) is -1.98. The molecule has 2 heterocycles. The Morgan fingerprint density at radius 1 is 1.63 bits per heavy atom. The number of sulfonamides is 1. The molecule has 0 radical (unpaired) electrons. The van der Waals surface area contributed by atoms with Crippen LogP contribution in [0.4, 0.5) is 0 Å². The van der Waals surface area contributed by atoms with Crippen LogP contribution in [0, 0.1) is 5.92 Å². The smallest absolute Gasteiger partial charge is 0.336 e. The van der Waals surface area contributed by atoms with Crippen molar-refractivity contribution < 1.29 is 23.1 Å². The predicted octanol–water partition coefficient (Wildman–Crippen LogP) is 1.10. The van der Waals surface area contributed by atoms with Crippen molar-refractivity contribution in [2.45, 2.75) is 10.6 Å². The molecule has 6 nitrogen and oxygen atoms in total. The van der Waals surface area contributed by atoms with Crippen LogP contribution in [0.5, 0.6) is 0 Å². The quantitative estimate of drug-likeness (QED) is 0.880. The number of hydrogen-bond donors (Lipinski definition) is 1. The lowest BCUT2D eigenvalue weighted by Crippen LogP contribution is -2.28. The minimum Gasteiger partial charge on any atom is -0.478 e. The fraction of sp³-hybridized carbons (Fsp3) is 0.545. The molecule has 1 aromatic rings. The van der Waals surface area contributed by atoms with Gasteiger partial charge in [0.25, 0.3) is 10.0 Å². The highest BCUT2D eigenvalue weighted by Gasteiger charge is 2.33. The monoisotopic (exact) mass is 305 g/mol. The Kier molecular flexibility index (Phi) is 4.24. The molecule has 1 saturated heterocycles. The van der Waals surface area contributed by atoms with E-state index in [-0.39, 0.29) is 15.7 Å². The summed E-state index contributed by atoms with van der Waals surface area (Å²) in [5.74, 6) is -0.907. The van der Waals surface area contributed by atoms with Gasteiger partial charge < -0.3 is 9.84 Å². The summed E-state index contributed by atoms with van der Waals surface area (Å²) in [4.78, 5) is 10.8. The van der Waals surface area contributed by atoms with Crippen molar-refractivity contribution in [3.63, 3.8) is 0 Å². The molecule has 0 saturated carbocycles. The Bertz CT molecular complexity index is 565. The number of methoxy groups -OCH3 is 1. The summed E-state index contributed by atoms with van der Waals surface area (Å²) >= 11 is 0.945. The lowest BCUT2D eigenvalue weighted by atomic mass is 10.1. The average Bonchev–Trinajstić information content (AvgIpc) is 2.98. The molecule has 0 spiro atoms. The van der Waals surface area contributed by atoms with Crippen LogP contribution in [0.1, 0.15) is 16.8 Å². The van der Waals surface area contributed by atoms with Crippen LogP contribution in [0.15, 0.2) is 15.7 Å². The van der Waals surface area contributed by atoms with Gasteiger partial charge in [0.05, 0.1) is 12.2 Å². The van der Waals surface area contributed by atoms with Gasteiger partial charge in [0.15, 0.2) is 0 Å². The molecule has 8 heteroatoms. The second-order valence-electron chi connectivity index (χ2n) is 4.43. The van der Waals surface area contributed by atoms with Gasteiger partial charge in [-0.05, 0) is 18.4 Å². The first-order chi connectivity index (χ1) is 8.95. The van der Waals surface area contributed by atoms with Gasteiger partial charge in [0.2, 0.25) is 0 Å². The fourth-order valence-electron chi connectivity index (χ4n) is 2.08. The molecule has 0 amide bonds. The minimum atomic E-state index is -3.57. The van der Waals surface area contributed by atoms with Gasteiger partial charge in [0.1, 0.15) is 4.21 Å². The fourth-order valence-corrected chi connectivity index (χ4v) is 4.92. The Hall–Kier alpha value is -0.960. The van der Waals surface area contributed by atoms with Crippen molar-refractivity contribution in [2.75, 3.05) is 26.8 Å². The zero-order valence-corrected chi connectivity index (χ0v) is 12.0. The number of rotatable bonds is 5. The van der Waals surface area contributed by atoms with Gasteiger partial charge in [-0.1, -0.05) is 0 Å². The van der Waals surface area contributed by atoms with E-state index in [2.05, 4.69) is 0 Å². The highest BCUT2D eigenvalue weighted by molar-refractivity contribution is 7.91. The van der Waals surface area contributed by atoms with Crippen LogP contribution >= 0.6 is 11.3 Å². The van der Waals surface area contributed by atoms with Crippen molar-refractivity contribution in [2.24, 2.45) is 5.92 Å². The van der Waals surface area contributed by atoms with E-state index in [9.17, 15) is 13.2 Å². The highest BCUT2D eigenvalue weighted by atomic mass is 32.2. The first-order valence-electron chi connectivity index (χ1n) is 5.76. The molecule has 0 bridgehead atoms. The van der Waals surface area contributed by atoms with Crippen LogP contribution in [0.2, 0.25) is 0 Å². The molecular weight excluding hydrogens is 290 g/mol. The molecule has 0 aromatic carbocycles. The maximum absolute atomic E-state index is 12.3. The predicted molar refractivity (Wildman–Crippen MR) is 70.0 cm³/mol. The van der Waals surface area contributed by atoms with E-state index in [1.54, 1.807) is 7.11 Å². The normalized spacial score (nSPS) is 20.8. The van der Waals surface area contributed by atoms with Crippen LogP contribution in [0.3, 0.4) is 0 Å². The Morgan fingerprint density at radius 3 is 2.95 bits per heavy atom. The van der Waals surface area contributed by atoms with E-state index < -0.39 is 16.0 Å². The molecule has 1 fully saturated rings. The molecule has 1 unspecified atom stereocenters. The molecule has 1 N–H and O–H groups in total. The molecule has 106 valence electrons. The lowest BCUT2D eigenvalue weighted by molar-refractivity contribution is 0.0697. The molecule has 0 aliphatic carbocycles. The molecule has 2 rings (SSSR count). The summed E-state index contributed by atoms with van der Waals surface area (Å²) in [5, 5.41) is 10.2. The van der Waals surface area contributed by atoms with Gasteiger partial charge >= 0.3 is 5.97 Å². The van der Waals surface area contributed by atoms with Crippen LogP contribution < -0.4 is 0 Å². The zero-order valence-electron chi connectivity index (χ0n) is 10.4. The molecular formula is C11H15NO5S2. The minimum absolute atomic E-state index is 0.0104. The lowest BCUT2D eigenvalue weighted by Gasteiger charge is -2.15. The van der Waals surface area contributed by atoms with E-state index in [1.165, 1.54) is 15.8 Å². The third-order valence-corrected chi connectivity index (χ3v) is 6.35. The number of ether oxygens (including phenoxy) is 1. The van der Waals surface area contributed by atoms with E-state index in [4.69, 9.17) is 9.84 Å². The van der Waals surface area contributed by atoms with Crippen molar-refractivity contribution in [1.29, 1.82) is 0 Å². The van der Waals surface area contributed by atoms with E-state index >= 15 is 0 Å². The number of nitrogens with zero attached hydrogens (tertiary/aromatic N) is 1. The average molecular weight is 305 g/mol. The molecule has 1 aliphatic rings. The van der Waals surface area contributed by atoms with Gasteiger partial charge in [-0.25, -0.2) is 13.2 Å². The van der Waals surface area contributed by atoms with E-state index in [1.807, 2.05) is 0 Å². The van der Waals surface area contributed by atoms with Crippen LogP contribution in [0.25, 0.3) is 0 Å². The van der Waals surface area contributed by atoms with Crippen molar-refractivity contribution in [3.05, 3.63) is 17.0 Å². The number of thiophene rings is 1. The highest BCUT2D eigenvalue weighted by Crippen LogP contribution is 2.28. The maximum atomic E-state index is 12.3. The summed E-state index contributed by atoms with van der Waals surface area (Å²) < 4.78 is 31.2. The molecule has 1 aliphatic heterocycles. The standard InChI is InChI=1S/C11H15NO5S2/c1-17-6-8-2-3-12(5-8)19(15,16)10-4-9(7-18-10)11(13)14/h4,7-8H,2-3,5-6H2,1H3,(H,13,14). The van der Waals surface area contributed by atoms with E-state index in [0.717, 1.165) is 17.8 Å². The first kappa shape index (κ1) is 14.4. The maximum Gasteiger partial charge on any atom is 0.336 e. The number of aromatic carboxylic acids is 1. The van der Waals surface area contributed by atoms with Crippen molar-refractivity contribution in [3.8, 4) is 0 Å². The Labute approximate surface area is 115 Å². The second kappa shape index (κ2) is 5.58. The van der Waals surface area contributed by atoms with Gasteiger partial charge in [-0.2, -0.15) is 4.31 Å². The van der Waals surface area contributed by atoms with Crippen LogP contribution in [-0.4, -0.2) is 50.6 Å². The zero-order chi connectivity index (χ0) is 14.0. The van der Waals surface area contributed by atoms with Gasteiger partial charge in [0, 0.05) is 25.6 Å². The van der Waals surface area contributed by atoms with Crippen LogP contribution in [-0.2, 0) is 14.8 Å². The summed E-state index contributed by atoms with van der Waals surface area (Å²) in [6, 6.07) is 1.21. The molecule has 1 atom stereocenters. The van der Waals surface area contributed by atoms with Gasteiger partial charge in [-0.3, -0.25) is 0 Å². The number of hydrogen-bond acceptors (Lipinski definition) is 5. The molecule has 1 aromatic heterocycles. The SMILES string of the molecule is COCC1CCN(S(=O)(=O)c2cc(C(=O)O)cs2)C1. The third kappa shape index (κ3) is 2.97. The third-order valence-electron chi connectivity index (χ3n) is 3.07. The topological polar surface area (TPSA) is 83.9 Å². The molecule has 19 heavy (non-hydrogen) atoms. The largest absolute Gasteiger partial charge is 0.478 e. The van der Waals surface area contributed by atoms with Crippen molar-refractivity contribution >= 4 is 27.3 Å². The van der Waals surface area contributed by atoms with Gasteiger partial charge in [-0.15, -0.1) is 11.3 Å². The first-order valence-corrected chi connectivity index (χ1v) is 8.08. The second-order valence-corrected chi connectivity index (χ2v) is 7.51. The number of carboxylic acids is 1. The Balaban J connectivity index is 2.16. The van der Waals surface area contributed by atoms with E-state index in [0.29, 0.717) is 19.7 Å². The number of carbonyl (C=O) groups is 1. The summed E-state index contributed by atoms with van der Waals surface area (Å²) in [6.45, 7) is 1.42.